The summed E-state index contributed by atoms with van der Waals surface area (Å²) in [5.41, 5.74) is 3.18. The van der Waals surface area contributed by atoms with Crippen LogP contribution in [-0.2, 0) is 9.84 Å². The zero-order chi connectivity index (χ0) is 22.3. The summed E-state index contributed by atoms with van der Waals surface area (Å²) in [5, 5.41) is 0. The maximum absolute atomic E-state index is 14.1. The molecule has 0 N–H and O–H groups in total. The lowest BCUT2D eigenvalue weighted by Crippen LogP contribution is -2.26. The number of rotatable bonds is 4. The number of fused-ring (bicyclic) bond motifs is 1. The molecule has 0 amide bonds. The van der Waals surface area contributed by atoms with E-state index in [1.165, 1.54) is 18.3 Å². The minimum absolute atomic E-state index is 0.0974. The molecule has 0 bridgehead atoms. The summed E-state index contributed by atoms with van der Waals surface area (Å²) in [6.45, 7) is 6.04. The van der Waals surface area contributed by atoms with Crippen LogP contribution in [-0.4, -0.2) is 14.2 Å². The third-order valence-electron chi connectivity index (χ3n) is 5.38. The minimum atomic E-state index is -4.12. The van der Waals surface area contributed by atoms with Gasteiger partial charge in [-0.05, 0) is 48.7 Å². The number of halogens is 1. The van der Waals surface area contributed by atoms with Crippen LogP contribution >= 0.6 is 0 Å². The number of carbonyl (C=O) groups is 1. The predicted octanol–water partition coefficient (Wildman–Crippen LogP) is 5.91. The average Bonchev–Trinajstić information content (AvgIpc) is 2.74. The first kappa shape index (κ1) is 21.0. The van der Waals surface area contributed by atoms with E-state index in [1.807, 2.05) is 31.2 Å². The van der Waals surface area contributed by atoms with Gasteiger partial charge in [-0.3, -0.25) is 4.79 Å². The summed E-state index contributed by atoms with van der Waals surface area (Å²) < 4.78 is 40.6. The van der Waals surface area contributed by atoms with Gasteiger partial charge in [0.15, 0.2) is 0 Å². The molecule has 0 atom stereocenters. The van der Waals surface area contributed by atoms with Gasteiger partial charge in [-0.25, -0.2) is 12.8 Å². The van der Waals surface area contributed by atoms with E-state index in [1.54, 1.807) is 29.2 Å². The first-order valence-electron chi connectivity index (χ1n) is 9.95. The average molecular weight is 436 g/mol. The van der Waals surface area contributed by atoms with Crippen molar-refractivity contribution in [1.82, 2.24) is 0 Å². The lowest BCUT2D eigenvalue weighted by molar-refractivity contribution is 0.104. The van der Waals surface area contributed by atoms with E-state index >= 15 is 0 Å². The fourth-order valence-electron chi connectivity index (χ4n) is 3.54. The van der Waals surface area contributed by atoms with Gasteiger partial charge >= 0.3 is 0 Å². The molecule has 6 heteroatoms. The maximum Gasteiger partial charge on any atom is 0.214 e. The fraction of sp³-hybridized carbons (Fsp3) is 0.160. The summed E-state index contributed by atoms with van der Waals surface area (Å²) in [4.78, 5) is 14.3. The molecule has 0 unspecified atom stereocenters. The van der Waals surface area contributed by atoms with Crippen molar-refractivity contribution in [3.63, 3.8) is 0 Å². The molecular formula is C25H22FNO3S. The van der Waals surface area contributed by atoms with Crippen LogP contribution < -0.4 is 4.90 Å². The first-order chi connectivity index (χ1) is 14.7. The number of carbonyl (C=O) groups excluding carboxylic acids is 1. The van der Waals surface area contributed by atoms with Gasteiger partial charge in [-0.2, -0.15) is 0 Å². The van der Waals surface area contributed by atoms with E-state index in [0.717, 1.165) is 17.2 Å². The highest BCUT2D eigenvalue weighted by Gasteiger charge is 2.36. The highest BCUT2D eigenvalue weighted by molar-refractivity contribution is 7.96. The standard InChI is InChI=1S/C25H22FNO3S/c1-16(2)18-8-11-21(12-9-18)27-15-24(25(28)19-6-4-17(3)5-7-19)31(29,30)23-13-10-20(26)14-22(23)27/h4-16H,1-3H3. The molecule has 4 rings (SSSR count). The van der Waals surface area contributed by atoms with Crippen LogP contribution in [0.25, 0.3) is 0 Å². The number of hydrogen-bond donors (Lipinski definition) is 0. The van der Waals surface area contributed by atoms with E-state index in [4.69, 9.17) is 0 Å². The van der Waals surface area contributed by atoms with Crippen molar-refractivity contribution in [2.24, 2.45) is 0 Å². The Hall–Kier alpha value is -3.25. The Morgan fingerprint density at radius 3 is 2.19 bits per heavy atom. The predicted molar refractivity (Wildman–Crippen MR) is 120 cm³/mol. The van der Waals surface area contributed by atoms with E-state index in [0.29, 0.717) is 11.6 Å². The number of aryl methyl sites for hydroxylation is 1. The number of hydrogen-bond acceptors (Lipinski definition) is 4. The summed E-state index contributed by atoms with van der Waals surface area (Å²) in [6, 6.07) is 17.8. The summed E-state index contributed by atoms with van der Waals surface area (Å²) in [7, 11) is -4.12. The molecule has 0 saturated heterocycles. The zero-order valence-corrected chi connectivity index (χ0v) is 18.3. The quantitative estimate of drug-likeness (QED) is 0.378. The molecule has 4 nitrogen and oxygen atoms in total. The van der Waals surface area contributed by atoms with Crippen LogP contribution in [0.15, 0.2) is 82.7 Å². The molecule has 0 radical (unpaired) electrons. The van der Waals surface area contributed by atoms with Gasteiger partial charge in [-0.15, -0.1) is 0 Å². The number of ketones is 1. The fourth-order valence-corrected chi connectivity index (χ4v) is 5.06. The first-order valence-corrected chi connectivity index (χ1v) is 11.4. The molecule has 0 spiro atoms. The van der Waals surface area contributed by atoms with Gasteiger partial charge in [0, 0.05) is 17.5 Å². The summed E-state index contributed by atoms with van der Waals surface area (Å²) >= 11 is 0. The van der Waals surface area contributed by atoms with Gasteiger partial charge in [-0.1, -0.05) is 55.8 Å². The summed E-state index contributed by atoms with van der Waals surface area (Å²) in [5.74, 6) is -0.826. The molecule has 0 aliphatic carbocycles. The Kier molecular flexibility index (Phi) is 5.27. The second-order valence-corrected chi connectivity index (χ2v) is 9.81. The van der Waals surface area contributed by atoms with E-state index in [-0.39, 0.29) is 21.1 Å². The second kappa shape index (κ2) is 7.78. The van der Waals surface area contributed by atoms with Crippen LogP contribution in [0.1, 0.15) is 41.3 Å². The molecule has 0 aromatic heterocycles. The molecule has 1 aliphatic heterocycles. The van der Waals surface area contributed by atoms with Crippen molar-refractivity contribution < 1.29 is 17.6 Å². The van der Waals surface area contributed by atoms with E-state index < -0.39 is 21.4 Å². The second-order valence-electron chi connectivity index (χ2n) is 7.92. The number of allylic oxidation sites excluding steroid dienone is 1. The Bertz CT molecular complexity index is 1290. The van der Waals surface area contributed by atoms with Gasteiger partial charge in [0.1, 0.15) is 10.7 Å². The highest BCUT2D eigenvalue weighted by atomic mass is 32.2. The molecule has 158 valence electrons. The van der Waals surface area contributed by atoms with Gasteiger partial charge in [0.05, 0.1) is 10.6 Å². The number of benzene rings is 3. The van der Waals surface area contributed by atoms with E-state index in [9.17, 15) is 17.6 Å². The molecule has 0 fully saturated rings. The highest BCUT2D eigenvalue weighted by Crippen LogP contribution is 2.41. The van der Waals surface area contributed by atoms with Crippen LogP contribution in [0.4, 0.5) is 15.8 Å². The third kappa shape index (κ3) is 3.79. The molecule has 1 heterocycles. The Morgan fingerprint density at radius 2 is 1.58 bits per heavy atom. The molecule has 31 heavy (non-hydrogen) atoms. The third-order valence-corrected chi connectivity index (χ3v) is 7.18. The van der Waals surface area contributed by atoms with Crippen molar-refractivity contribution in [1.29, 1.82) is 0 Å². The van der Waals surface area contributed by atoms with Gasteiger partial charge in [0.25, 0.3) is 0 Å². The van der Waals surface area contributed by atoms with Crippen molar-refractivity contribution >= 4 is 27.0 Å². The van der Waals surface area contributed by atoms with Gasteiger partial charge in [0.2, 0.25) is 15.6 Å². The molecule has 3 aromatic rings. The molecular weight excluding hydrogens is 413 g/mol. The Balaban J connectivity index is 1.89. The molecule has 1 aliphatic rings. The summed E-state index contributed by atoms with van der Waals surface area (Å²) in [6.07, 6.45) is 1.30. The van der Waals surface area contributed by atoms with Crippen molar-refractivity contribution in [3.8, 4) is 0 Å². The lowest BCUT2D eigenvalue weighted by atomic mass is 10.0. The molecule has 0 saturated carbocycles. The van der Waals surface area contributed by atoms with Crippen LogP contribution in [0, 0.1) is 12.7 Å². The van der Waals surface area contributed by atoms with Crippen LogP contribution in [0.2, 0.25) is 0 Å². The number of anilines is 2. The van der Waals surface area contributed by atoms with Crippen LogP contribution in [0.3, 0.4) is 0 Å². The Morgan fingerprint density at radius 1 is 0.935 bits per heavy atom. The normalized spacial score (nSPS) is 14.9. The number of sulfone groups is 1. The van der Waals surface area contributed by atoms with Gasteiger partial charge < -0.3 is 4.90 Å². The topological polar surface area (TPSA) is 54.5 Å². The van der Waals surface area contributed by atoms with Crippen molar-refractivity contribution in [2.75, 3.05) is 4.90 Å². The van der Waals surface area contributed by atoms with Crippen molar-refractivity contribution in [2.45, 2.75) is 31.6 Å². The lowest BCUT2D eigenvalue weighted by Gasteiger charge is -2.29. The van der Waals surface area contributed by atoms with Crippen LogP contribution in [0.5, 0.6) is 0 Å². The maximum atomic E-state index is 14.1. The zero-order valence-electron chi connectivity index (χ0n) is 17.5. The minimum Gasteiger partial charge on any atom is -0.314 e. The number of nitrogens with zero attached hydrogens (tertiary/aromatic N) is 1. The Labute approximate surface area is 181 Å². The number of Topliss-reactive ketones (excluding diaryl/α,β-unsaturated/α-hetero) is 1. The van der Waals surface area contributed by atoms with E-state index in [2.05, 4.69) is 13.8 Å². The SMILES string of the molecule is Cc1ccc(C(=O)C2=CN(c3ccc(C(C)C)cc3)c3cc(F)ccc3S2(=O)=O)cc1. The monoisotopic (exact) mass is 435 g/mol. The molecule has 3 aromatic carbocycles. The largest absolute Gasteiger partial charge is 0.314 e. The van der Waals surface area contributed by atoms with Crippen molar-refractivity contribution in [3.05, 3.63) is 100 Å². The smallest absolute Gasteiger partial charge is 0.214 e.